The van der Waals surface area contributed by atoms with E-state index in [0.717, 1.165) is 17.7 Å². The van der Waals surface area contributed by atoms with Gasteiger partial charge in [-0.2, -0.15) is 5.26 Å². The molecule has 0 aliphatic rings. The summed E-state index contributed by atoms with van der Waals surface area (Å²) < 4.78 is 5.11. The molecule has 0 radical (unpaired) electrons. The Morgan fingerprint density at radius 2 is 1.81 bits per heavy atom. The quantitative estimate of drug-likeness (QED) is 0.734. The molecule has 5 heteroatoms. The van der Waals surface area contributed by atoms with Crippen LogP contribution in [0.5, 0.6) is 0 Å². The number of nitriles is 1. The number of nitrogens with zero attached hydrogens (tertiary/aromatic N) is 3. The van der Waals surface area contributed by atoms with Crippen LogP contribution in [0, 0.1) is 11.3 Å². The van der Waals surface area contributed by atoms with E-state index in [4.69, 9.17) is 10.00 Å². The number of methoxy groups -OCH3 is 1. The first-order chi connectivity index (χ1) is 12.5. The van der Waals surface area contributed by atoms with Crippen molar-refractivity contribution in [1.82, 2.24) is 9.80 Å². The van der Waals surface area contributed by atoms with Crippen LogP contribution in [0.4, 0.5) is 0 Å². The first-order valence-corrected chi connectivity index (χ1v) is 8.54. The van der Waals surface area contributed by atoms with Gasteiger partial charge in [0.15, 0.2) is 0 Å². The maximum Gasteiger partial charge on any atom is 0.254 e. The summed E-state index contributed by atoms with van der Waals surface area (Å²) in [5.41, 5.74) is 3.24. The van der Waals surface area contributed by atoms with E-state index in [9.17, 15) is 4.79 Å². The maximum absolute atomic E-state index is 13.0. The molecular weight excluding hydrogens is 326 g/mol. The lowest BCUT2D eigenvalue weighted by atomic mass is 10.1. The fourth-order valence-corrected chi connectivity index (χ4v) is 2.63. The number of amides is 1. The lowest BCUT2D eigenvalue weighted by Crippen LogP contribution is -2.36. The number of likely N-dealkylation sites (N-methyl/N-ethyl adjacent to an activating group) is 1. The zero-order valence-electron chi connectivity index (χ0n) is 15.6. The van der Waals surface area contributed by atoms with Crippen LogP contribution in [0.15, 0.2) is 48.5 Å². The van der Waals surface area contributed by atoms with Crippen molar-refractivity contribution in [3.8, 4) is 6.07 Å². The van der Waals surface area contributed by atoms with Gasteiger partial charge in [-0.25, -0.2) is 0 Å². The summed E-state index contributed by atoms with van der Waals surface area (Å²) in [6.07, 6.45) is 0. The van der Waals surface area contributed by atoms with Gasteiger partial charge in [-0.05, 0) is 49.5 Å². The standard InChI is InChI=1S/C21H25N3O2/c1-23(2)11-12-24(15-19-6-4-5-18(13-19)14-22)21(25)20-9-7-17(8-10-20)16-26-3/h4-10,13H,11-12,15-16H2,1-3H3. The number of carbonyl (C=O) groups is 1. The molecule has 0 N–H and O–H groups in total. The van der Waals surface area contributed by atoms with Gasteiger partial charge in [-0.15, -0.1) is 0 Å². The number of hydrogen-bond acceptors (Lipinski definition) is 4. The molecule has 0 aromatic heterocycles. The Morgan fingerprint density at radius 3 is 2.42 bits per heavy atom. The molecule has 0 unspecified atom stereocenters. The fraction of sp³-hybridized carbons (Fsp3) is 0.333. The van der Waals surface area contributed by atoms with Crippen LogP contribution in [-0.4, -0.2) is 50.0 Å². The van der Waals surface area contributed by atoms with Crippen molar-refractivity contribution in [2.24, 2.45) is 0 Å². The minimum atomic E-state index is -0.0156. The number of carbonyl (C=O) groups excluding carboxylic acids is 1. The third kappa shape index (κ3) is 5.69. The van der Waals surface area contributed by atoms with Gasteiger partial charge in [-0.1, -0.05) is 24.3 Å². The van der Waals surface area contributed by atoms with Crippen LogP contribution in [-0.2, 0) is 17.9 Å². The highest BCUT2D eigenvalue weighted by Gasteiger charge is 2.16. The van der Waals surface area contributed by atoms with E-state index in [-0.39, 0.29) is 5.91 Å². The zero-order chi connectivity index (χ0) is 18.9. The first-order valence-electron chi connectivity index (χ1n) is 8.54. The summed E-state index contributed by atoms with van der Waals surface area (Å²) in [4.78, 5) is 16.9. The van der Waals surface area contributed by atoms with E-state index in [2.05, 4.69) is 6.07 Å². The second kappa shape index (κ2) is 9.71. The average molecular weight is 351 g/mol. The summed E-state index contributed by atoms with van der Waals surface area (Å²) in [5.74, 6) is -0.0156. The first kappa shape index (κ1) is 19.6. The molecule has 26 heavy (non-hydrogen) atoms. The Kier molecular flexibility index (Phi) is 7.34. The third-order valence-corrected chi connectivity index (χ3v) is 4.05. The summed E-state index contributed by atoms with van der Waals surface area (Å²) in [5, 5.41) is 9.08. The van der Waals surface area contributed by atoms with Crippen LogP contribution >= 0.6 is 0 Å². The average Bonchev–Trinajstić information content (AvgIpc) is 2.65. The van der Waals surface area contributed by atoms with Crippen molar-refractivity contribution in [3.05, 3.63) is 70.8 Å². The zero-order valence-corrected chi connectivity index (χ0v) is 15.6. The predicted octanol–water partition coefficient (Wildman–Crippen LogP) is 2.91. The van der Waals surface area contributed by atoms with Crippen molar-refractivity contribution in [3.63, 3.8) is 0 Å². The molecular formula is C21H25N3O2. The van der Waals surface area contributed by atoms with Crippen molar-refractivity contribution in [1.29, 1.82) is 5.26 Å². The largest absolute Gasteiger partial charge is 0.380 e. The molecule has 0 atom stereocenters. The Labute approximate surface area is 155 Å². The highest BCUT2D eigenvalue weighted by atomic mass is 16.5. The molecule has 2 rings (SSSR count). The van der Waals surface area contributed by atoms with Crippen LogP contribution in [0.1, 0.15) is 27.0 Å². The lowest BCUT2D eigenvalue weighted by Gasteiger charge is -2.25. The lowest BCUT2D eigenvalue weighted by molar-refractivity contribution is 0.0732. The second-order valence-corrected chi connectivity index (χ2v) is 6.47. The molecule has 1 amide bonds. The molecule has 2 aromatic carbocycles. The highest BCUT2D eigenvalue weighted by molar-refractivity contribution is 5.94. The fourth-order valence-electron chi connectivity index (χ4n) is 2.63. The molecule has 0 aliphatic heterocycles. The highest BCUT2D eigenvalue weighted by Crippen LogP contribution is 2.13. The van der Waals surface area contributed by atoms with Gasteiger partial charge in [0.25, 0.3) is 5.91 Å². The van der Waals surface area contributed by atoms with Crippen LogP contribution in [0.25, 0.3) is 0 Å². The molecule has 136 valence electrons. The molecule has 0 spiro atoms. The number of benzene rings is 2. The van der Waals surface area contributed by atoms with Gasteiger partial charge in [-0.3, -0.25) is 4.79 Å². The molecule has 0 aliphatic carbocycles. The Morgan fingerprint density at radius 1 is 1.08 bits per heavy atom. The summed E-state index contributed by atoms with van der Waals surface area (Å²) in [6, 6.07) is 17.0. The van der Waals surface area contributed by atoms with E-state index >= 15 is 0 Å². The van der Waals surface area contributed by atoms with E-state index in [0.29, 0.717) is 30.8 Å². The molecule has 0 heterocycles. The monoisotopic (exact) mass is 351 g/mol. The topological polar surface area (TPSA) is 56.6 Å². The SMILES string of the molecule is COCc1ccc(C(=O)N(CCN(C)C)Cc2cccc(C#N)c2)cc1. The molecule has 0 fully saturated rings. The minimum Gasteiger partial charge on any atom is -0.380 e. The molecule has 0 saturated heterocycles. The van der Waals surface area contributed by atoms with Gasteiger partial charge in [0.1, 0.15) is 0 Å². The van der Waals surface area contributed by atoms with Gasteiger partial charge in [0.2, 0.25) is 0 Å². The smallest absolute Gasteiger partial charge is 0.254 e. The molecule has 0 saturated carbocycles. The normalized spacial score (nSPS) is 10.6. The summed E-state index contributed by atoms with van der Waals surface area (Å²) in [6.45, 7) is 2.38. The van der Waals surface area contributed by atoms with E-state index in [1.807, 2.05) is 66.4 Å². The Bertz CT molecular complexity index is 764. The van der Waals surface area contributed by atoms with Gasteiger partial charge in [0, 0.05) is 32.3 Å². The number of ether oxygens (including phenoxy) is 1. The number of rotatable bonds is 8. The van der Waals surface area contributed by atoms with Gasteiger partial charge < -0.3 is 14.5 Å². The van der Waals surface area contributed by atoms with Crippen molar-refractivity contribution < 1.29 is 9.53 Å². The Balaban J connectivity index is 2.19. The minimum absolute atomic E-state index is 0.0156. The van der Waals surface area contributed by atoms with Crippen LogP contribution < -0.4 is 0 Å². The second-order valence-electron chi connectivity index (χ2n) is 6.47. The van der Waals surface area contributed by atoms with E-state index < -0.39 is 0 Å². The summed E-state index contributed by atoms with van der Waals surface area (Å²) in [7, 11) is 5.62. The van der Waals surface area contributed by atoms with Crippen molar-refractivity contribution >= 4 is 5.91 Å². The molecule has 5 nitrogen and oxygen atoms in total. The predicted molar refractivity (Wildman–Crippen MR) is 102 cm³/mol. The number of hydrogen-bond donors (Lipinski definition) is 0. The third-order valence-electron chi connectivity index (χ3n) is 4.05. The van der Waals surface area contributed by atoms with Gasteiger partial charge in [0.05, 0.1) is 18.2 Å². The van der Waals surface area contributed by atoms with Crippen molar-refractivity contribution in [2.45, 2.75) is 13.2 Å². The van der Waals surface area contributed by atoms with E-state index in [1.54, 1.807) is 13.2 Å². The molecule has 2 aromatic rings. The van der Waals surface area contributed by atoms with Crippen LogP contribution in [0.3, 0.4) is 0 Å². The maximum atomic E-state index is 13.0. The van der Waals surface area contributed by atoms with E-state index in [1.165, 1.54) is 0 Å². The van der Waals surface area contributed by atoms with Crippen LogP contribution in [0.2, 0.25) is 0 Å². The van der Waals surface area contributed by atoms with Gasteiger partial charge >= 0.3 is 0 Å². The summed E-state index contributed by atoms with van der Waals surface area (Å²) >= 11 is 0. The molecule has 0 bridgehead atoms. The van der Waals surface area contributed by atoms with Crippen molar-refractivity contribution in [2.75, 3.05) is 34.3 Å². The Hall–Kier alpha value is -2.68.